The lowest BCUT2D eigenvalue weighted by Crippen LogP contribution is -2.10. The van der Waals surface area contributed by atoms with Crippen molar-refractivity contribution in [1.29, 1.82) is 0 Å². The van der Waals surface area contributed by atoms with Crippen LogP contribution in [0.3, 0.4) is 0 Å². The highest BCUT2D eigenvalue weighted by Crippen LogP contribution is 2.28. The summed E-state index contributed by atoms with van der Waals surface area (Å²) in [5.74, 6) is -1.42. The lowest BCUT2D eigenvalue weighted by Gasteiger charge is -2.06. The molecule has 1 aromatic rings. The molecule has 7 nitrogen and oxygen atoms in total. The van der Waals surface area contributed by atoms with Crippen molar-refractivity contribution in [3.63, 3.8) is 0 Å². The van der Waals surface area contributed by atoms with Crippen LogP contribution in [0.25, 0.3) is 0 Å². The Morgan fingerprint density at radius 2 is 2.05 bits per heavy atom. The van der Waals surface area contributed by atoms with E-state index >= 15 is 0 Å². The van der Waals surface area contributed by atoms with Crippen molar-refractivity contribution in [2.45, 2.75) is 26.2 Å². The first-order chi connectivity index (χ1) is 9.49. The molecule has 0 heterocycles. The second-order valence-corrected chi connectivity index (χ2v) is 4.01. The van der Waals surface area contributed by atoms with Crippen LogP contribution < -0.4 is 4.74 Å². The van der Waals surface area contributed by atoms with Crippen molar-refractivity contribution in [1.82, 2.24) is 0 Å². The molecular formula is C13H15NO6. The molecule has 0 amide bonds. The van der Waals surface area contributed by atoms with Gasteiger partial charge >= 0.3 is 17.6 Å². The second kappa shape index (κ2) is 7.22. The number of esters is 2. The largest absolute Gasteiger partial charge is 0.465 e. The molecule has 0 saturated heterocycles. The molecule has 0 aliphatic rings. The third kappa shape index (κ3) is 4.04. The number of ether oxygens (including phenoxy) is 2. The number of benzene rings is 1. The van der Waals surface area contributed by atoms with E-state index < -0.39 is 22.5 Å². The molecule has 108 valence electrons. The Morgan fingerprint density at radius 3 is 2.60 bits per heavy atom. The maximum absolute atomic E-state index is 11.5. The van der Waals surface area contributed by atoms with Crippen molar-refractivity contribution in [2.24, 2.45) is 0 Å². The highest BCUT2D eigenvalue weighted by molar-refractivity contribution is 5.90. The topological polar surface area (TPSA) is 95.7 Å². The summed E-state index contributed by atoms with van der Waals surface area (Å²) in [6, 6.07) is 3.55. The van der Waals surface area contributed by atoms with E-state index in [0.717, 1.165) is 12.5 Å². The van der Waals surface area contributed by atoms with Crippen LogP contribution in [-0.4, -0.2) is 24.0 Å². The van der Waals surface area contributed by atoms with Crippen molar-refractivity contribution in [2.75, 3.05) is 7.11 Å². The molecule has 7 heteroatoms. The quantitative estimate of drug-likeness (QED) is 0.344. The zero-order chi connectivity index (χ0) is 15.1. The molecule has 0 aliphatic carbocycles. The summed E-state index contributed by atoms with van der Waals surface area (Å²) >= 11 is 0. The lowest BCUT2D eigenvalue weighted by atomic mass is 10.2. The molecule has 0 spiro atoms. The number of nitro groups is 1. The van der Waals surface area contributed by atoms with Crippen molar-refractivity contribution < 1.29 is 24.0 Å². The fourth-order valence-corrected chi connectivity index (χ4v) is 1.49. The van der Waals surface area contributed by atoms with Gasteiger partial charge in [0, 0.05) is 12.5 Å². The summed E-state index contributed by atoms with van der Waals surface area (Å²) in [4.78, 5) is 33.0. The third-order valence-corrected chi connectivity index (χ3v) is 2.53. The van der Waals surface area contributed by atoms with Gasteiger partial charge in [-0.2, -0.15) is 0 Å². The fourth-order valence-electron chi connectivity index (χ4n) is 1.49. The van der Waals surface area contributed by atoms with Gasteiger partial charge in [0.1, 0.15) is 0 Å². The lowest BCUT2D eigenvalue weighted by molar-refractivity contribution is -0.385. The van der Waals surface area contributed by atoms with Crippen LogP contribution in [-0.2, 0) is 9.53 Å². The van der Waals surface area contributed by atoms with Crippen molar-refractivity contribution in [3.05, 3.63) is 33.9 Å². The average molecular weight is 281 g/mol. The Bertz CT molecular complexity index is 526. The van der Waals surface area contributed by atoms with Crippen LogP contribution in [0.4, 0.5) is 5.69 Å². The van der Waals surface area contributed by atoms with Crippen LogP contribution in [0.15, 0.2) is 18.2 Å². The molecule has 0 fully saturated rings. The van der Waals surface area contributed by atoms with Crippen molar-refractivity contribution >= 4 is 17.6 Å². The first-order valence-electron chi connectivity index (χ1n) is 6.07. The van der Waals surface area contributed by atoms with Gasteiger partial charge < -0.3 is 9.47 Å². The molecule has 1 aromatic carbocycles. The van der Waals surface area contributed by atoms with Gasteiger partial charge in [0.2, 0.25) is 5.75 Å². The van der Waals surface area contributed by atoms with E-state index in [1.54, 1.807) is 0 Å². The summed E-state index contributed by atoms with van der Waals surface area (Å²) in [5, 5.41) is 10.9. The fraction of sp³-hybridized carbons (Fsp3) is 0.385. The van der Waals surface area contributed by atoms with Gasteiger partial charge in [-0.25, -0.2) is 4.79 Å². The first-order valence-corrected chi connectivity index (χ1v) is 6.07. The number of nitro benzene ring substituents is 1. The van der Waals surface area contributed by atoms with Crippen LogP contribution >= 0.6 is 0 Å². The molecule has 0 aliphatic heterocycles. The second-order valence-electron chi connectivity index (χ2n) is 4.01. The molecule has 0 aromatic heterocycles. The van der Waals surface area contributed by atoms with Crippen LogP contribution in [0.2, 0.25) is 0 Å². The maximum atomic E-state index is 11.5. The molecule has 1 rings (SSSR count). The van der Waals surface area contributed by atoms with Gasteiger partial charge in [0.15, 0.2) is 0 Å². The molecule has 0 bridgehead atoms. The molecule has 0 N–H and O–H groups in total. The zero-order valence-electron chi connectivity index (χ0n) is 11.3. The van der Waals surface area contributed by atoms with Gasteiger partial charge in [0.05, 0.1) is 17.6 Å². The van der Waals surface area contributed by atoms with E-state index in [0.29, 0.717) is 6.42 Å². The molecular weight excluding hydrogens is 266 g/mol. The molecule has 20 heavy (non-hydrogen) atoms. The number of hydrogen-bond acceptors (Lipinski definition) is 6. The third-order valence-electron chi connectivity index (χ3n) is 2.53. The highest BCUT2D eigenvalue weighted by atomic mass is 16.6. The summed E-state index contributed by atoms with van der Waals surface area (Å²) in [5.41, 5.74) is -0.426. The van der Waals surface area contributed by atoms with Gasteiger partial charge in [-0.1, -0.05) is 13.3 Å². The minimum Gasteiger partial charge on any atom is -0.465 e. The minimum absolute atomic E-state index is 0.0209. The molecule has 0 atom stereocenters. The zero-order valence-corrected chi connectivity index (χ0v) is 11.3. The predicted octanol–water partition coefficient (Wildman–Crippen LogP) is 2.48. The normalized spacial score (nSPS) is 9.90. The van der Waals surface area contributed by atoms with E-state index in [1.807, 2.05) is 6.92 Å². The van der Waals surface area contributed by atoms with E-state index in [9.17, 15) is 19.7 Å². The minimum atomic E-state index is -0.713. The van der Waals surface area contributed by atoms with Crippen LogP contribution in [0.5, 0.6) is 5.75 Å². The summed E-state index contributed by atoms with van der Waals surface area (Å²) in [7, 11) is 1.17. The molecule has 0 saturated carbocycles. The van der Waals surface area contributed by atoms with E-state index in [-0.39, 0.29) is 17.7 Å². The van der Waals surface area contributed by atoms with Crippen LogP contribution in [0, 0.1) is 10.1 Å². The number of rotatable bonds is 6. The number of carbonyl (C=O) groups excluding carboxylic acids is 2. The number of unbranched alkanes of at least 4 members (excludes halogenated alkanes) is 1. The average Bonchev–Trinajstić information content (AvgIpc) is 2.44. The van der Waals surface area contributed by atoms with Gasteiger partial charge in [0.25, 0.3) is 0 Å². The first kappa shape index (κ1) is 15.6. The van der Waals surface area contributed by atoms with E-state index in [2.05, 4.69) is 4.74 Å². The Morgan fingerprint density at radius 1 is 1.35 bits per heavy atom. The number of carbonyl (C=O) groups is 2. The summed E-state index contributed by atoms with van der Waals surface area (Å²) < 4.78 is 9.42. The Hall–Kier alpha value is -2.44. The predicted molar refractivity (Wildman–Crippen MR) is 69.6 cm³/mol. The van der Waals surface area contributed by atoms with E-state index in [1.165, 1.54) is 19.2 Å². The Labute approximate surface area is 115 Å². The Balaban J connectivity index is 2.99. The van der Waals surface area contributed by atoms with Gasteiger partial charge in [-0.05, 0) is 18.6 Å². The van der Waals surface area contributed by atoms with Gasteiger partial charge in [-0.3, -0.25) is 14.9 Å². The SMILES string of the molecule is CCCCC(=O)Oc1ccc(C(=O)OC)cc1[N+](=O)[O-]. The monoisotopic (exact) mass is 281 g/mol. The van der Waals surface area contributed by atoms with Crippen LogP contribution in [0.1, 0.15) is 36.5 Å². The maximum Gasteiger partial charge on any atom is 0.338 e. The molecule has 0 radical (unpaired) electrons. The summed E-state index contributed by atoms with van der Waals surface area (Å²) in [6.07, 6.45) is 1.65. The smallest absolute Gasteiger partial charge is 0.338 e. The van der Waals surface area contributed by atoms with E-state index in [4.69, 9.17) is 4.74 Å². The standard InChI is InChI=1S/C13H15NO6/c1-3-4-5-12(15)20-11-7-6-9(13(16)19-2)8-10(11)14(17)18/h6-8H,3-5H2,1-2H3. The number of hydrogen-bond donors (Lipinski definition) is 0. The number of nitrogens with zero attached hydrogens (tertiary/aromatic N) is 1. The number of methoxy groups -OCH3 is 1. The summed E-state index contributed by atoms with van der Waals surface area (Å²) in [6.45, 7) is 1.92. The highest BCUT2D eigenvalue weighted by Gasteiger charge is 2.21. The van der Waals surface area contributed by atoms with Crippen molar-refractivity contribution in [3.8, 4) is 5.75 Å². The Kier molecular flexibility index (Phi) is 5.64. The van der Waals surface area contributed by atoms with Gasteiger partial charge in [-0.15, -0.1) is 0 Å². The molecule has 0 unspecified atom stereocenters.